The lowest BCUT2D eigenvalue weighted by molar-refractivity contribution is -0.245. The van der Waals surface area contributed by atoms with Gasteiger partial charge in [-0.05, 0) is 48.2 Å². The zero-order chi connectivity index (χ0) is 30.4. The monoisotopic (exact) mass is 608 g/mol. The highest BCUT2D eigenvalue weighted by molar-refractivity contribution is 7.99. The number of hydroxylamine groups is 1. The molecule has 1 heterocycles. The smallest absolute Gasteiger partial charge is 0.243 e. The fourth-order valence-corrected chi connectivity index (χ4v) is 5.96. The highest BCUT2D eigenvalue weighted by atomic mass is 32.2. The van der Waals surface area contributed by atoms with Gasteiger partial charge in [0.25, 0.3) is 0 Å². The predicted octanol–water partition coefficient (Wildman–Crippen LogP) is 6.31. The Kier molecular flexibility index (Phi) is 12.9. The molecule has 9 nitrogen and oxygen atoms in total. The van der Waals surface area contributed by atoms with Crippen LogP contribution in [-0.4, -0.2) is 41.1 Å². The number of aliphatic hydroxyl groups excluding tert-OH is 1. The van der Waals surface area contributed by atoms with Crippen molar-refractivity contribution in [3.05, 3.63) is 89.5 Å². The molecule has 230 valence electrons. The average molecular weight is 609 g/mol. The van der Waals surface area contributed by atoms with E-state index in [0.717, 1.165) is 40.2 Å². The molecule has 3 atom stereocenters. The third-order valence-electron chi connectivity index (χ3n) is 7.23. The summed E-state index contributed by atoms with van der Waals surface area (Å²) in [4.78, 5) is 24.7. The first-order valence-electron chi connectivity index (χ1n) is 14.6. The first-order valence-corrected chi connectivity index (χ1v) is 15.6. The predicted molar refractivity (Wildman–Crippen MR) is 165 cm³/mol. The van der Waals surface area contributed by atoms with Gasteiger partial charge >= 0.3 is 0 Å². The third kappa shape index (κ3) is 10.1. The molecule has 2 amide bonds. The van der Waals surface area contributed by atoms with Crippen LogP contribution >= 0.6 is 11.8 Å². The number of hydrogen-bond acceptors (Lipinski definition) is 8. The Bertz CT molecular complexity index is 1320. The van der Waals surface area contributed by atoms with Crippen LogP contribution in [0.15, 0.2) is 77.7 Å². The fraction of sp³-hybridized carbons (Fsp3) is 0.394. The minimum atomic E-state index is -0.632. The number of rotatable bonds is 15. The zero-order valence-corrected chi connectivity index (χ0v) is 25.2. The number of carbonyl (C=O) groups is 2. The lowest BCUT2D eigenvalue weighted by Crippen LogP contribution is -2.31. The van der Waals surface area contributed by atoms with Gasteiger partial charge in [-0.2, -0.15) is 0 Å². The summed E-state index contributed by atoms with van der Waals surface area (Å²) in [5.74, 6) is 1.05. The molecule has 0 aliphatic carbocycles. The minimum Gasteiger partial charge on any atom is -0.496 e. The van der Waals surface area contributed by atoms with Gasteiger partial charge in [-0.15, -0.1) is 11.8 Å². The Morgan fingerprint density at radius 2 is 1.65 bits per heavy atom. The lowest BCUT2D eigenvalue weighted by Gasteiger charge is -2.36. The SMILES string of the molecule is COc1ccccc1SCC1CC(c2ccc(CO)cc2)OC(c2cccc(NC(=O)CCCCCCC(=O)NO)c2)O1. The average Bonchev–Trinajstić information content (AvgIpc) is 3.05. The molecule has 1 aliphatic rings. The molecule has 0 radical (unpaired) electrons. The molecule has 43 heavy (non-hydrogen) atoms. The number of unbranched alkanes of at least 4 members (excludes halogenated alkanes) is 3. The van der Waals surface area contributed by atoms with E-state index in [1.54, 1.807) is 24.4 Å². The number of hydrogen-bond donors (Lipinski definition) is 4. The second-order valence-corrected chi connectivity index (χ2v) is 11.5. The molecule has 3 aromatic rings. The van der Waals surface area contributed by atoms with Crippen LogP contribution in [0.25, 0.3) is 0 Å². The number of thioether (sulfide) groups is 1. The first kappa shape index (κ1) is 32.5. The van der Waals surface area contributed by atoms with Crippen molar-refractivity contribution in [2.75, 3.05) is 18.2 Å². The van der Waals surface area contributed by atoms with Crippen molar-refractivity contribution in [2.24, 2.45) is 0 Å². The molecule has 0 bridgehead atoms. The number of aliphatic hydroxyl groups is 1. The van der Waals surface area contributed by atoms with Gasteiger partial charge in [0.1, 0.15) is 5.75 Å². The number of carbonyl (C=O) groups excluding carboxylic acids is 2. The molecule has 1 fully saturated rings. The van der Waals surface area contributed by atoms with E-state index in [4.69, 9.17) is 19.4 Å². The van der Waals surface area contributed by atoms with Crippen LogP contribution in [0.3, 0.4) is 0 Å². The van der Waals surface area contributed by atoms with E-state index >= 15 is 0 Å². The van der Waals surface area contributed by atoms with Crippen LogP contribution in [0.1, 0.15) is 74.0 Å². The van der Waals surface area contributed by atoms with E-state index in [2.05, 4.69) is 5.32 Å². The summed E-state index contributed by atoms with van der Waals surface area (Å²) in [5.41, 5.74) is 4.96. The number of ether oxygens (including phenoxy) is 3. The van der Waals surface area contributed by atoms with E-state index in [-0.39, 0.29) is 31.1 Å². The molecule has 4 N–H and O–H groups in total. The van der Waals surface area contributed by atoms with Crippen LogP contribution in [0.4, 0.5) is 5.69 Å². The molecule has 0 saturated carbocycles. The number of amides is 2. The van der Waals surface area contributed by atoms with Gasteiger partial charge in [0, 0.05) is 41.2 Å². The number of anilines is 1. The maximum Gasteiger partial charge on any atom is 0.243 e. The quantitative estimate of drug-likeness (QED) is 0.0685. The number of benzene rings is 3. The minimum absolute atomic E-state index is 0.0163. The molecule has 3 aromatic carbocycles. The molecular formula is C33H40N2O7S. The summed E-state index contributed by atoms with van der Waals surface area (Å²) >= 11 is 1.68. The van der Waals surface area contributed by atoms with Gasteiger partial charge < -0.3 is 24.6 Å². The Balaban J connectivity index is 1.40. The first-order chi connectivity index (χ1) is 21.0. The van der Waals surface area contributed by atoms with Crippen LogP contribution in [0.2, 0.25) is 0 Å². The largest absolute Gasteiger partial charge is 0.496 e. The molecule has 4 rings (SSSR count). The number of para-hydroxylation sites is 1. The standard InChI is InChI=1S/C33H40N2O7S/c1-40-28-11-6-7-12-30(28)43-22-27-20-29(24-17-15-23(21-36)16-18-24)42-33(41-27)25-9-8-10-26(19-25)34-31(37)13-4-2-3-5-14-32(38)35-39/h6-12,15-19,27,29,33,36,39H,2-5,13-14,20-22H2,1H3,(H,34,37)(H,35,38). The Morgan fingerprint density at radius 1 is 0.907 bits per heavy atom. The van der Waals surface area contributed by atoms with Gasteiger partial charge in [-0.25, -0.2) is 5.48 Å². The van der Waals surface area contributed by atoms with E-state index in [1.165, 1.54) is 0 Å². The second-order valence-electron chi connectivity index (χ2n) is 10.4. The van der Waals surface area contributed by atoms with Crippen molar-refractivity contribution in [3.8, 4) is 5.75 Å². The highest BCUT2D eigenvalue weighted by Crippen LogP contribution is 2.40. The molecule has 1 saturated heterocycles. The van der Waals surface area contributed by atoms with Crippen LogP contribution in [0.5, 0.6) is 5.75 Å². The van der Waals surface area contributed by atoms with Crippen LogP contribution < -0.4 is 15.5 Å². The summed E-state index contributed by atoms with van der Waals surface area (Å²) < 4.78 is 18.5. The maximum absolute atomic E-state index is 12.6. The van der Waals surface area contributed by atoms with Crippen molar-refractivity contribution in [1.29, 1.82) is 0 Å². The van der Waals surface area contributed by atoms with Crippen LogP contribution in [-0.2, 0) is 25.7 Å². The Labute approximate surface area is 256 Å². The summed E-state index contributed by atoms with van der Waals surface area (Å²) in [5, 5.41) is 21.0. The maximum atomic E-state index is 12.6. The molecule has 0 spiro atoms. The van der Waals surface area contributed by atoms with Crippen molar-refractivity contribution in [3.63, 3.8) is 0 Å². The van der Waals surface area contributed by atoms with Crippen molar-refractivity contribution < 1.29 is 34.1 Å². The summed E-state index contributed by atoms with van der Waals surface area (Å²) in [6.45, 7) is -0.0163. The molecular weight excluding hydrogens is 568 g/mol. The van der Waals surface area contributed by atoms with Gasteiger partial charge in [0.2, 0.25) is 11.8 Å². The third-order valence-corrected chi connectivity index (χ3v) is 8.42. The zero-order valence-electron chi connectivity index (χ0n) is 24.4. The van der Waals surface area contributed by atoms with Crippen molar-refractivity contribution in [2.45, 2.75) is 74.9 Å². The highest BCUT2D eigenvalue weighted by Gasteiger charge is 2.32. The van der Waals surface area contributed by atoms with E-state index in [9.17, 15) is 14.7 Å². The molecule has 0 aromatic heterocycles. The second kappa shape index (κ2) is 17.0. The van der Waals surface area contributed by atoms with E-state index < -0.39 is 12.2 Å². The number of methoxy groups -OCH3 is 1. The van der Waals surface area contributed by atoms with Crippen molar-refractivity contribution >= 4 is 29.3 Å². The fourth-order valence-electron chi connectivity index (χ4n) is 4.91. The summed E-state index contributed by atoms with van der Waals surface area (Å²) in [6.07, 6.45) is 3.38. The molecule has 1 aliphatic heterocycles. The summed E-state index contributed by atoms with van der Waals surface area (Å²) in [6, 6.07) is 23.2. The van der Waals surface area contributed by atoms with Crippen LogP contribution in [0, 0.1) is 0 Å². The summed E-state index contributed by atoms with van der Waals surface area (Å²) in [7, 11) is 1.67. The van der Waals surface area contributed by atoms with Gasteiger partial charge in [-0.3, -0.25) is 14.8 Å². The molecule has 3 unspecified atom stereocenters. The van der Waals surface area contributed by atoms with Crippen molar-refractivity contribution in [1.82, 2.24) is 5.48 Å². The normalized spacial score (nSPS) is 18.2. The van der Waals surface area contributed by atoms with E-state index in [1.807, 2.05) is 72.8 Å². The lowest BCUT2D eigenvalue weighted by atomic mass is 10.0. The van der Waals surface area contributed by atoms with Gasteiger partial charge in [-0.1, -0.05) is 61.4 Å². The van der Waals surface area contributed by atoms with E-state index in [0.29, 0.717) is 37.1 Å². The Hall–Kier alpha value is -3.41. The van der Waals surface area contributed by atoms with Gasteiger partial charge in [0.15, 0.2) is 6.29 Å². The molecule has 10 heteroatoms. The Morgan fingerprint density at radius 3 is 2.37 bits per heavy atom. The van der Waals surface area contributed by atoms with Gasteiger partial charge in [0.05, 0.1) is 25.9 Å². The number of nitrogens with one attached hydrogen (secondary N) is 2. The topological polar surface area (TPSA) is 126 Å².